The number of nitrogens with one attached hydrogen (secondary N) is 2. The van der Waals surface area contributed by atoms with Gasteiger partial charge in [0.1, 0.15) is 0 Å². The van der Waals surface area contributed by atoms with Gasteiger partial charge >= 0.3 is 0 Å². The predicted molar refractivity (Wildman–Crippen MR) is 87.6 cm³/mol. The van der Waals surface area contributed by atoms with Crippen molar-refractivity contribution in [3.8, 4) is 0 Å². The Hall–Kier alpha value is -1.81. The van der Waals surface area contributed by atoms with Gasteiger partial charge in [-0.3, -0.25) is 4.79 Å². The fourth-order valence-corrected chi connectivity index (χ4v) is 3.45. The summed E-state index contributed by atoms with van der Waals surface area (Å²) in [6, 6.07) is 8.41. The maximum Gasteiger partial charge on any atom is 0.220 e. The smallest absolute Gasteiger partial charge is 0.220 e. The van der Waals surface area contributed by atoms with Gasteiger partial charge in [-0.1, -0.05) is 19.4 Å². The lowest BCUT2D eigenvalue weighted by Gasteiger charge is -2.30. The molecule has 118 valence electrons. The van der Waals surface area contributed by atoms with E-state index in [2.05, 4.69) is 35.4 Å². The van der Waals surface area contributed by atoms with Gasteiger partial charge in [0, 0.05) is 29.6 Å². The molecule has 1 amide bonds. The highest BCUT2D eigenvalue weighted by Crippen LogP contribution is 2.37. The summed E-state index contributed by atoms with van der Waals surface area (Å²) in [5, 5.41) is 13.8. The van der Waals surface area contributed by atoms with Gasteiger partial charge in [0.25, 0.3) is 0 Å². The van der Waals surface area contributed by atoms with E-state index >= 15 is 0 Å². The van der Waals surface area contributed by atoms with Crippen LogP contribution in [-0.4, -0.2) is 28.6 Å². The Bertz CT molecular complexity index is 664. The number of carbonyl (C=O) groups is 1. The van der Waals surface area contributed by atoms with E-state index < -0.39 is 0 Å². The zero-order valence-corrected chi connectivity index (χ0v) is 13.1. The lowest BCUT2D eigenvalue weighted by molar-refractivity contribution is -0.122. The van der Waals surface area contributed by atoms with Crippen molar-refractivity contribution in [1.29, 1.82) is 0 Å². The van der Waals surface area contributed by atoms with Gasteiger partial charge in [-0.15, -0.1) is 0 Å². The van der Waals surface area contributed by atoms with E-state index in [1.165, 1.54) is 10.9 Å². The van der Waals surface area contributed by atoms with E-state index in [-0.39, 0.29) is 24.0 Å². The van der Waals surface area contributed by atoms with Crippen molar-refractivity contribution >= 4 is 16.8 Å². The van der Waals surface area contributed by atoms with Gasteiger partial charge in [0.05, 0.1) is 6.61 Å². The molecule has 22 heavy (non-hydrogen) atoms. The number of hydrogen-bond donors (Lipinski definition) is 3. The van der Waals surface area contributed by atoms with E-state index in [1.807, 2.05) is 12.3 Å². The van der Waals surface area contributed by atoms with Crippen LogP contribution in [0.5, 0.6) is 0 Å². The van der Waals surface area contributed by atoms with Crippen LogP contribution in [0.2, 0.25) is 0 Å². The first-order valence-corrected chi connectivity index (χ1v) is 8.07. The average molecular weight is 300 g/mol. The molecule has 1 heterocycles. The molecule has 1 aromatic carbocycles. The minimum absolute atomic E-state index is 0.0840. The number of amides is 1. The predicted octanol–water partition coefficient (Wildman–Crippen LogP) is 2.77. The largest absolute Gasteiger partial charge is 0.396 e. The highest BCUT2D eigenvalue weighted by atomic mass is 16.3. The second kappa shape index (κ2) is 6.13. The standard InChI is InChI=1S/C18H24N2O2/c1-18(12-21)9-2-3-16(18)20-17(22)7-5-13-4-6-15-14(11-13)8-10-19-15/h4,6,8,10-11,16,19,21H,2-3,5,7,9,12H2,1H3,(H,20,22). The Balaban J connectivity index is 1.55. The van der Waals surface area contributed by atoms with Gasteiger partial charge in [-0.2, -0.15) is 0 Å². The number of aliphatic hydroxyl groups is 1. The topological polar surface area (TPSA) is 65.1 Å². The van der Waals surface area contributed by atoms with Crippen molar-refractivity contribution in [1.82, 2.24) is 10.3 Å². The summed E-state index contributed by atoms with van der Waals surface area (Å²) < 4.78 is 0. The van der Waals surface area contributed by atoms with E-state index in [9.17, 15) is 9.90 Å². The summed E-state index contributed by atoms with van der Waals surface area (Å²) in [5.74, 6) is 0.0840. The molecule has 4 nitrogen and oxygen atoms in total. The van der Waals surface area contributed by atoms with E-state index in [4.69, 9.17) is 0 Å². The van der Waals surface area contributed by atoms with Crippen LogP contribution in [-0.2, 0) is 11.2 Å². The molecule has 2 aromatic rings. The first-order chi connectivity index (χ1) is 10.6. The zero-order valence-electron chi connectivity index (χ0n) is 13.1. The summed E-state index contributed by atoms with van der Waals surface area (Å²) >= 11 is 0. The Morgan fingerprint density at radius 3 is 3.14 bits per heavy atom. The fraction of sp³-hybridized carbons (Fsp3) is 0.500. The average Bonchev–Trinajstić information content (AvgIpc) is 3.12. The second-order valence-electron chi connectivity index (χ2n) is 6.72. The molecule has 1 aliphatic rings. The zero-order chi connectivity index (χ0) is 15.6. The molecular weight excluding hydrogens is 276 g/mol. The summed E-state index contributed by atoms with van der Waals surface area (Å²) in [6.07, 6.45) is 6.20. The van der Waals surface area contributed by atoms with E-state index in [0.717, 1.165) is 31.2 Å². The van der Waals surface area contributed by atoms with Crippen molar-refractivity contribution in [3.05, 3.63) is 36.0 Å². The van der Waals surface area contributed by atoms with Crippen LogP contribution in [0.1, 0.15) is 38.2 Å². The summed E-state index contributed by atoms with van der Waals surface area (Å²) in [7, 11) is 0. The molecule has 0 spiro atoms. The summed E-state index contributed by atoms with van der Waals surface area (Å²) in [6.45, 7) is 2.20. The number of aliphatic hydroxyl groups excluding tert-OH is 1. The number of aryl methyl sites for hydroxylation is 1. The van der Waals surface area contributed by atoms with Gasteiger partial charge < -0.3 is 15.4 Å². The van der Waals surface area contributed by atoms with Gasteiger partial charge in [0.2, 0.25) is 5.91 Å². The van der Waals surface area contributed by atoms with Crippen molar-refractivity contribution in [3.63, 3.8) is 0 Å². The first-order valence-electron chi connectivity index (χ1n) is 8.07. The van der Waals surface area contributed by atoms with E-state index in [1.54, 1.807) is 0 Å². The normalized spacial score (nSPS) is 24.7. The summed E-state index contributed by atoms with van der Waals surface area (Å²) in [5.41, 5.74) is 2.15. The number of hydrogen-bond acceptors (Lipinski definition) is 2. The van der Waals surface area contributed by atoms with Crippen LogP contribution >= 0.6 is 0 Å². The fourth-order valence-electron chi connectivity index (χ4n) is 3.45. The number of benzene rings is 1. The van der Waals surface area contributed by atoms with Gasteiger partial charge in [0.15, 0.2) is 0 Å². The molecule has 1 aromatic heterocycles. The molecule has 0 bridgehead atoms. The second-order valence-corrected chi connectivity index (χ2v) is 6.72. The van der Waals surface area contributed by atoms with Crippen LogP contribution in [0.15, 0.2) is 30.5 Å². The van der Waals surface area contributed by atoms with Crippen LogP contribution in [0, 0.1) is 5.41 Å². The lowest BCUT2D eigenvalue weighted by Crippen LogP contribution is -2.44. The van der Waals surface area contributed by atoms with Gasteiger partial charge in [-0.05, 0) is 48.4 Å². The number of rotatable bonds is 5. The molecule has 2 atom stereocenters. The molecule has 2 unspecified atom stereocenters. The highest BCUT2D eigenvalue weighted by Gasteiger charge is 2.38. The lowest BCUT2D eigenvalue weighted by atomic mass is 9.85. The van der Waals surface area contributed by atoms with E-state index in [0.29, 0.717) is 6.42 Å². The Labute approximate surface area is 130 Å². The van der Waals surface area contributed by atoms with Crippen LogP contribution < -0.4 is 5.32 Å². The molecule has 0 aliphatic heterocycles. The molecule has 0 radical (unpaired) electrons. The number of carbonyl (C=O) groups excluding carboxylic acids is 1. The maximum atomic E-state index is 12.2. The number of fused-ring (bicyclic) bond motifs is 1. The third-order valence-electron chi connectivity index (χ3n) is 5.04. The van der Waals surface area contributed by atoms with Crippen molar-refractivity contribution in [2.45, 2.75) is 45.1 Å². The number of aromatic amines is 1. The Morgan fingerprint density at radius 1 is 1.45 bits per heavy atom. The van der Waals surface area contributed by atoms with Crippen LogP contribution in [0.3, 0.4) is 0 Å². The SMILES string of the molecule is CC1(CO)CCCC1NC(=O)CCc1ccc2[nH]ccc2c1. The van der Waals surface area contributed by atoms with Gasteiger partial charge in [-0.25, -0.2) is 0 Å². The first kappa shape index (κ1) is 15.1. The Kier molecular flexibility index (Phi) is 4.21. The highest BCUT2D eigenvalue weighted by molar-refractivity contribution is 5.80. The molecule has 3 rings (SSSR count). The van der Waals surface area contributed by atoms with Crippen LogP contribution in [0.4, 0.5) is 0 Å². The van der Waals surface area contributed by atoms with Crippen molar-refractivity contribution in [2.24, 2.45) is 5.41 Å². The van der Waals surface area contributed by atoms with Crippen LogP contribution in [0.25, 0.3) is 10.9 Å². The van der Waals surface area contributed by atoms with Crippen molar-refractivity contribution < 1.29 is 9.90 Å². The third kappa shape index (κ3) is 3.02. The minimum Gasteiger partial charge on any atom is -0.396 e. The number of aromatic nitrogens is 1. The molecule has 1 fully saturated rings. The molecule has 4 heteroatoms. The molecule has 0 saturated heterocycles. The third-order valence-corrected chi connectivity index (χ3v) is 5.04. The molecule has 1 aliphatic carbocycles. The number of H-pyrrole nitrogens is 1. The monoisotopic (exact) mass is 300 g/mol. The maximum absolute atomic E-state index is 12.2. The van der Waals surface area contributed by atoms with Crippen molar-refractivity contribution in [2.75, 3.05) is 6.61 Å². The molecule has 3 N–H and O–H groups in total. The quantitative estimate of drug-likeness (QED) is 0.795. The Morgan fingerprint density at radius 2 is 2.32 bits per heavy atom. The molecule has 1 saturated carbocycles. The summed E-state index contributed by atoms with van der Waals surface area (Å²) in [4.78, 5) is 15.4. The molecular formula is C18H24N2O2. The minimum atomic E-state index is -0.153.